The Morgan fingerprint density at radius 2 is 2.11 bits per heavy atom. The van der Waals surface area contributed by atoms with Crippen LogP contribution in [-0.2, 0) is 16.0 Å². The molecular weight excluding hydrogens is 492 g/mol. The molecule has 2 aliphatic rings. The van der Waals surface area contributed by atoms with Gasteiger partial charge in [-0.1, -0.05) is 23.7 Å². The van der Waals surface area contributed by atoms with Gasteiger partial charge in [0.05, 0.1) is 13.2 Å². The second-order valence-corrected chi connectivity index (χ2v) is 10.0. The average Bonchev–Trinajstić information content (AvgIpc) is 3.52. The molecule has 8 nitrogen and oxygen atoms in total. The van der Waals surface area contributed by atoms with Crippen molar-refractivity contribution in [1.82, 2.24) is 15.2 Å². The summed E-state index contributed by atoms with van der Waals surface area (Å²) < 4.78 is 5.43. The molecule has 1 fully saturated rings. The van der Waals surface area contributed by atoms with Gasteiger partial charge in [0.1, 0.15) is 29.3 Å². The first-order chi connectivity index (χ1) is 17.9. The summed E-state index contributed by atoms with van der Waals surface area (Å²) in [6, 6.07) is 12.9. The predicted octanol–water partition coefficient (Wildman–Crippen LogP) is 4.34. The molecule has 3 atom stereocenters. The molecule has 2 aromatic carbocycles. The Bertz CT molecular complexity index is 1430. The number of carbonyl (C=O) groups excluding carboxylic acids is 3. The molecule has 1 unspecified atom stereocenters. The van der Waals surface area contributed by atoms with E-state index in [9.17, 15) is 19.6 Å². The van der Waals surface area contributed by atoms with Gasteiger partial charge in [0.25, 0.3) is 5.91 Å². The first-order valence-corrected chi connectivity index (χ1v) is 12.7. The fraction of sp³-hybridized carbons (Fsp3) is 0.357. The molecule has 1 saturated carbocycles. The number of ketones is 1. The lowest BCUT2D eigenvalue weighted by Gasteiger charge is -2.36. The van der Waals surface area contributed by atoms with E-state index in [1.54, 1.807) is 25.3 Å². The smallest absolute Gasteiger partial charge is 0.271 e. The summed E-state index contributed by atoms with van der Waals surface area (Å²) in [6.07, 6.45) is 2.87. The molecule has 190 valence electrons. The molecule has 9 heteroatoms. The monoisotopic (exact) mass is 518 g/mol. The number of hydrogen-bond acceptors (Lipinski definition) is 5. The third-order valence-electron chi connectivity index (χ3n) is 7.34. The van der Waals surface area contributed by atoms with Gasteiger partial charge >= 0.3 is 0 Å². The van der Waals surface area contributed by atoms with Crippen LogP contribution in [0.1, 0.15) is 53.3 Å². The molecule has 0 spiro atoms. The van der Waals surface area contributed by atoms with Crippen molar-refractivity contribution in [3.05, 3.63) is 64.3 Å². The molecule has 1 aliphatic carbocycles. The van der Waals surface area contributed by atoms with E-state index in [4.69, 9.17) is 16.3 Å². The number of benzene rings is 2. The van der Waals surface area contributed by atoms with Gasteiger partial charge < -0.3 is 19.9 Å². The standard InChI is InChI=1S/C28H27ClN4O4/c1-37-25-7-3-5-22-21(25)14-23(32-22)28(36)33-11-10-16-12-18(29)8-9-20(16)26(33)27(35)31-19(15-30)13-17-4-2-6-24(17)34/h3,5,7-9,12,14,17,19,26,32H,2,4,6,10-11,13H2,1H3,(H,31,35)/t17-,19-,26?/m0/s1. The van der Waals surface area contributed by atoms with Crippen LogP contribution in [0, 0.1) is 17.2 Å². The second-order valence-electron chi connectivity index (χ2n) is 9.58. The number of amides is 2. The highest BCUT2D eigenvalue weighted by molar-refractivity contribution is 6.30. The van der Waals surface area contributed by atoms with Gasteiger partial charge in [0.2, 0.25) is 5.91 Å². The van der Waals surface area contributed by atoms with Crippen molar-refractivity contribution in [3.8, 4) is 11.8 Å². The van der Waals surface area contributed by atoms with Crippen LogP contribution in [0.15, 0.2) is 42.5 Å². The zero-order valence-electron chi connectivity index (χ0n) is 20.4. The molecule has 2 amide bonds. The topological polar surface area (TPSA) is 115 Å². The van der Waals surface area contributed by atoms with Crippen LogP contribution in [0.2, 0.25) is 5.02 Å². The molecule has 37 heavy (non-hydrogen) atoms. The number of aromatic nitrogens is 1. The third-order valence-corrected chi connectivity index (χ3v) is 7.58. The number of halogens is 1. The van der Waals surface area contributed by atoms with Gasteiger partial charge in [-0.2, -0.15) is 5.26 Å². The average molecular weight is 519 g/mol. The lowest BCUT2D eigenvalue weighted by molar-refractivity contribution is -0.127. The molecule has 2 N–H and O–H groups in total. The van der Waals surface area contributed by atoms with Crippen LogP contribution in [0.5, 0.6) is 5.75 Å². The lowest BCUT2D eigenvalue weighted by atomic mass is 9.91. The Balaban J connectivity index is 1.46. The van der Waals surface area contributed by atoms with E-state index in [2.05, 4.69) is 16.4 Å². The molecule has 1 aliphatic heterocycles. The normalized spacial score (nSPS) is 19.8. The minimum atomic E-state index is -0.947. The van der Waals surface area contributed by atoms with E-state index in [0.29, 0.717) is 41.4 Å². The summed E-state index contributed by atoms with van der Waals surface area (Å²) in [5.41, 5.74) is 2.64. The second kappa shape index (κ2) is 10.3. The molecule has 0 bridgehead atoms. The van der Waals surface area contributed by atoms with Gasteiger partial charge in [0.15, 0.2) is 0 Å². The first kappa shape index (κ1) is 24.8. The summed E-state index contributed by atoms with van der Waals surface area (Å²) in [5.74, 6) is -0.237. The Hall–Kier alpha value is -3.83. The number of Topliss-reactive ketones (excluding diaryl/α,β-unsaturated/α-hetero) is 1. The largest absolute Gasteiger partial charge is 0.496 e. The fourth-order valence-corrected chi connectivity index (χ4v) is 5.68. The SMILES string of the molecule is COc1cccc2[nH]c(C(=O)N3CCc4cc(Cl)ccc4C3C(=O)N[C@H](C#N)C[C@@H]3CCCC3=O)cc12. The van der Waals surface area contributed by atoms with E-state index in [1.165, 1.54) is 4.90 Å². The molecule has 0 saturated heterocycles. The Morgan fingerprint density at radius 1 is 1.27 bits per heavy atom. The molecule has 3 aromatic rings. The molecular formula is C28H27ClN4O4. The Kier molecular flexibility index (Phi) is 6.90. The van der Waals surface area contributed by atoms with Crippen LogP contribution in [0.25, 0.3) is 10.9 Å². The van der Waals surface area contributed by atoms with Crippen LogP contribution >= 0.6 is 11.6 Å². The maximum atomic E-state index is 13.8. The minimum Gasteiger partial charge on any atom is -0.496 e. The highest BCUT2D eigenvalue weighted by atomic mass is 35.5. The zero-order chi connectivity index (χ0) is 26.1. The van der Waals surface area contributed by atoms with E-state index < -0.39 is 18.0 Å². The van der Waals surface area contributed by atoms with Crippen LogP contribution in [-0.4, -0.2) is 47.2 Å². The van der Waals surface area contributed by atoms with Crippen molar-refractivity contribution in [2.24, 2.45) is 5.92 Å². The number of ether oxygens (including phenoxy) is 1. The number of hydrogen-bond donors (Lipinski definition) is 2. The summed E-state index contributed by atoms with van der Waals surface area (Å²) in [5, 5.41) is 13.9. The van der Waals surface area contributed by atoms with Crippen molar-refractivity contribution >= 4 is 40.1 Å². The van der Waals surface area contributed by atoms with Crippen LogP contribution < -0.4 is 10.1 Å². The number of aromatic amines is 1. The zero-order valence-corrected chi connectivity index (χ0v) is 21.2. The number of carbonyl (C=O) groups is 3. The van der Waals surface area contributed by atoms with Gasteiger partial charge in [0, 0.05) is 34.8 Å². The maximum Gasteiger partial charge on any atom is 0.271 e. The number of nitrogens with one attached hydrogen (secondary N) is 2. The maximum absolute atomic E-state index is 13.8. The fourth-order valence-electron chi connectivity index (χ4n) is 5.49. The van der Waals surface area contributed by atoms with Gasteiger partial charge in [-0.15, -0.1) is 0 Å². The highest BCUT2D eigenvalue weighted by Gasteiger charge is 2.38. The number of nitrogens with zero attached hydrogens (tertiary/aromatic N) is 2. The van der Waals surface area contributed by atoms with Crippen molar-refractivity contribution in [1.29, 1.82) is 5.26 Å². The van der Waals surface area contributed by atoms with Crippen molar-refractivity contribution in [3.63, 3.8) is 0 Å². The predicted molar refractivity (Wildman–Crippen MR) is 138 cm³/mol. The first-order valence-electron chi connectivity index (χ1n) is 12.4. The van der Waals surface area contributed by atoms with E-state index in [-0.39, 0.29) is 24.0 Å². The molecule has 5 rings (SSSR count). The van der Waals surface area contributed by atoms with Crippen molar-refractivity contribution < 1.29 is 19.1 Å². The summed E-state index contributed by atoms with van der Waals surface area (Å²) in [7, 11) is 1.57. The third kappa shape index (κ3) is 4.79. The quantitative estimate of drug-likeness (QED) is 0.503. The number of fused-ring (bicyclic) bond motifs is 2. The lowest BCUT2D eigenvalue weighted by Crippen LogP contribution is -2.49. The number of methoxy groups -OCH3 is 1. The minimum absolute atomic E-state index is 0.137. The van der Waals surface area contributed by atoms with E-state index in [0.717, 1.165) is 29.3 Å². The van der Waals surface area contributed by atoms with Crippen LogP contribution in [0.4, 0.5) is 0 Å². The summed E-state index contributed by atoms with van der Waals surface area (Å²) >= 11 is 6.22. The van der Waals surface area contributed by atoms with E-state index in [1.807, 2.05) is 24.3 Å². The molecule has 2 heterocycles. The van der Waals surface area contributed by atoms with Crippen molar-refractivity contribution in [2.75, 3.05) is 13.7 Å². The van der Waals surface area contributed by atoms with E-state index >= 15 is 0 Å². The highest BCUT2D eigenvalue weighted by Crippen LogP contribution is 2.34. The van der Waals surface area contributed by atoms with Gasteiger partial charge in [-0.3, -0.25) is 14.4 Å². The van der Waals surface area contributed by atoms with Gasteiger partial charge in [-0.05, 0) is 67.1 Å². The number of rotatable bonds is 6. The Morgan fingerprint density at radius 3 is 2.84 bits per heavy atom. The number of H-pyrrole nitrogens is 1. The van der Waals surface area contributed by atoms with Crippen molar-refractivity contribution in [2.45, 2.75) is 44.2 Å². The van der Waals surface area contributed by atoms with Crippen LogP contribution in [0.3, 0.4) is 0 Å². The van der Waals surface area contributed by atoms with Gasteiger partial charge in [-0.25, -0.2) is 0 Å². The molecule has 0 radical (unpaired) electrons. The molecule has 1 aromatic heterocycles. The summed E-state index contributed by atoms with van der Waals surface area (Å²) in [4.78, 5) is 44.3. The summed E-state index contributed by atoms with van der Waals surface area (Å²) in [6.45, 7) is 0.301. The number of nitriles is 1. The Labute approximate surface area is 219 Å².